The summed E-state index contributed by atoms with van der Waals surface area (Å²) in [5.74, 6) is -1.51. The molecule has 0 aromatic carbocycles. The van der Waals surface area contributed by atoms with Gasteiger partial charge >= 0.3 is 5.97 Å². The van der Waals surface area contributed by atoms with Crippen molar-refractivity contribution in [2.75, 3.05) is 0 Å². The van der Waals surface area contributed by atoms with Crippen LogP contribution in [0, 0.1) is 0 Å². The fourth-order valence-electron chi connectivity index (χ4n) is 2.42. The van der Waals surface area contributed by atoms with E-state index in [4.69, 9.17) is 0 Å². The molecular formula is C15H28O5S. The Hall–Kier alpha value is -0.880. The predicted octanol–water partition coefficient (Wildman–Crippen LogP) is 3.80. The zero-order chi connectivity index (χ0) is 16.4. The Morgan fingerprint density at radius 1 is 1.10 bits per heavy atom. The molecule has 1 atom stereocenters. The van der Waals surface area contributed by atoms with Crippen molar-refractivity contribution in [1.29, 1.82) is 0 Å². The molecule has 5 nitrogen and oxygen atoms in total. The molecule has 0 rings (SSSR count). The highest BCUT2D eigenvalue weighted by molar-refractivity contribution is 7.88. The fourth-order valence-corrected chi connectivity index (χ4v) is 3.37. The summed E-state index contributed by atoms with van der Waals surface area (Å²) in [7, 11) is -4.66. The van der Waals surface area contributed by atoms with E-state index in [0.29, 0.717) is 6.42 Å². The Kier molecular flexibility index (Phi) is 9.53. The minimum atomic E-state index is -4.66. The smallest absolute Gasteiger partial charge is 0.327 e. The highest BCUT2D eigenvalue weighted by atomic mass is 32.2. The second-order valence-electron chi connectivity index (χ2n) is 5.49. The van der Waals surface area contributed by atoms with Crippen LogP contribution in [0.15, 0.2) is 12.7 Å². The van der Waals surface area contributed by atoms with Gasteiger partial charge in [0.1, 0.15) is 0 Å². The van der Waals surface area contributed by atoms with Crippen LogP contribution >= 0.6 is 0 Å². The van der Waals surface area contributed by atoms with E-state index in [9.17, 15) is 22.9 Å². The molecule has 0 aliphatic rings. The van der Waals surface area contributed by atoms with Gasteiger partial charge < -0.3 is 5.11 Å². The summed E-state index contributed by atoms with van der Waals surface area (Å²) >= 11 is 0. The van der Waals surface area contributed by atoms with Crippen LogP contribution < -0.4 is 0 Å². The first-order chi connectivity index (χ1) is 9.81. The first-order valence-corrected chi connectivity index (χ1v) is 9.07. The number of allylic oxidation sites excluding steroid dienone is 1. The normalized spacial score (nSPS) is 14.6. The highest BCUT2D eigenvalue weighted by Crippen LogP contribution is 2.29. The second kappa shape index (κ2) is 9.95. The average molecular weight is 320 g/mol. The average Bonchev–Trinajstić information content (AvgIpc) is 2.38. The maximum absolute atomic E-state index is 11.4. The number of hydrogen-bond donors (Lipinski definition) is 2. The Balaban J connectivity index is 4.33. The molecule has 0 spiro atoms. The van der Waals surface area contributed by atoms with Crippen molar-refractivity contribution in [3.63, 3.8) is 0 Å². The van der Waals surface area contributed by atoms with Crippen LogP contribution in [0.1, 0.15) is 71.1 Å². The summed E-state index contributed by atoms with van der Waals surface area (Å²) in [4.78, 5) is 11.3. The molecule has 1 unspecified atom stereocenters. The summed E-state index contributed by atoms with van der Waals surface area (Å²) < 4.78 is 30.0. The first kappa shape index (κ1) is 20.1. The van der Waals surface area contributed by atoms with Gasteiger partial charge in [0, 0.05) is 0 Å². The number of carboxylic acids is 1. The van der Waals surface area contributed by atoms with Crippen LogP contribution in [-0.4, -0.2) is 28.8 Å². The quantitative estimate of drug-likeness (QED) is 0.306. The van der Waals surface area contributed by atoms with Crippen molar-refractivity contribution in [2.45, 2.75) is 75.9 Å². The van der Waals surface area contributed by atoms with E-state index >= 15 is 0 Å². The van der Waals surface area contributed by atoms with Gasteiger partial charge in [-0.3, -0.25) is 9.35 Å². The molecule has 0 bridgehead atoms. The molecule has 0 aliphatic carbocycles. The highest BCUT2D eigenvalue weighted by Gasteiger charge is 2.48. The third-order valence-corrected chi connectivity index (χ3v) is 5.32. The van der Waals surface area contributed by atoms with Crippen molar-refractivity contribution < 1.29 is 22.9 Å². The summed E-state index contributed by atoms with van der Waals surface area (Å²) in [5, 5.41) is 9.20. The number of rotatable bonds is 13. The molecule has 0 aromatic heterocycles. The zero-order valence-corrected chi connectivity index (χ0v) is 13.7. The topological polar surface area (TPSA) is 91.7 Å². The molecule has 0 amide bonds. The molecular weight excluding hydrogens is 292 g/mol. The monoisotopic (exact) mass is 320 g/mol. The summed E-state index contributed by atoms with van der Waals surface area (Å²) in [6, 6.07) is 0. The van der Waals surface area contributed by atoms with Crippen molar-refractivity contribution in [2.24, 2.45) is 0 Å². The van der Waals surface area contributed by atoms with Crippen molar-refractivity contribution in [1.82, 2.24) is 0 Å². The van der Waals surface area contributed by atoms with E-state index in [1.165, 1.54) is 25.3 Å². The van der Waals surface area contributed by atoms with E-state index in [-0.39, 0.29) is 12.8 Å². The molecule has 21 heavy (non-hydrogen) atoms. The van der Waals surface area contributed by atoms with E-state index in [1.807, 2.05) is 0 Å². The standard InChI is InChI=1S/C15H28O5S/c1-3-5-6-7-8-9-10-11-13-15(12-4-2,14(16)17)21(18,19)20/h4H,2-3,5-13H2,1H3,(H,16,17)(H,18,19,20). The lowest BCUT2D eigenvalue weighted by Crippen LogP contribution is -2.45. The second-order valence-corrected chi connectivity index (χ2v) is 7.22. The predicted molar refractivity (Wildman–Crippen MR) is 84.0 cm³/mol. The molecule has 0 aliphatic heterocycles. The molecule has 0 fully saturated rings. The summed E-state index contributed by atoms with van der Waals surface area (Å²) in [6.45, 7) is 5.54. The minimum Gasteiger partial charge on any atom is -0.480 e. The molecule has 0 saturated carbocycles. The molecule has 6 heteroatoms. The van der Waals surface area contributed by atoms with Crippen LogP contribution in [0.4, 0.5) is 0 Å². The Morgan fingerprint density at radius 3 is 1.95 bits per heavy atom. The Bertz CT molecular complexity index is 416. The number of hydrogen-bond acceptors (Lipinski definition) is 3. The lowest BCUT2D eigenvalue weighted by molar-refractivity contribution is -0.140. The Labute approximate surface area is 128 Å². The summed E-state index contributed by atoms with van der Waals surface area (Å²) in [6.07, 6.45) is 8.92. The molecule has 0 saturated heterocycles. The van der Waals surface area contributed by atoms with Crippen LogP contribution in [0.5, 0.6) is 0 Å². The Morgan fingerprint density at radius 2 is 1.57 bits per heavy atom. The third kappa shape index (κ3) is 6.61. The molecule has 124 valence electrons. The maximum atomic E-state index is 11.4. The van der Waals surface area contributed by atoms with Gasteiger partial charge in [-0.15, -0.1) is 6.58 Å². The molecule has 0 radical (unpaired) electrons. The SMILES string of the molecule is C=CCC(CCCCCCCCCC)(C(=O)O)S(=O)(=O)O. The van der Waals surface area contributed by atoms with Crippen molar-refractivity contribution in [3.05, 3.63) is 12.7 Å². The van der Waals surface area contributed by atoms with Crippen molar-refractivity contribution in [3.8, 4) is 0 Å². The van der Waals surface area contributed by atoms with Crippen LogP contribution in [0.25, 0.3) is 0 Å². The van der Waals surface area contributed by atoms with Crippen molar-refractivity contribution >= 4 is 16.1 Å². The van der Waals surface area contributed by atoms with E-state index in [2.05, 4.69) is 13.5 Å². The van der Waals surface area contributed by atoms with Crippen LogP contribution in [0.3, 0.4) is 0 Å². The van der Waals surface area contributed by atoms with E-state index < -0.39 is 20.8 Å². The van der Waals surface area contributed by atoms with Gasteiger partial charge in [0.2, 0.25) is 0 Å². The zero-order valence-electron chi connectivity index (χ0n) is 12.9. The van der Waals surface area contributed by atoms with E-state index in [1.54, 1.807) is 0 Å². The van der Waals surface area contributed by atoms with Gasteiger partial charge in [0.15, 0.2) is 4.75 Å². The number of aliphatic carboxylic acids is 1. The van der Waals surface area contributed by atoms with Gasteiger partial charge in [0.25, 0.3) is 10.1 Å². The van der Waals surface area contributed by atoms with Gasteiger partial charge in [-0.1, -0.05) is 64.4 Å². The van der Waals surface area contributed by atoms with Gasteiger partial charge in [0.05, 0.1) is 0 Å². The number of carboxylic acid groups (broad SMARTS) is 1. The first-order valence-electron chi connectivity index (χ1n) is 7.63. The number of unbranched alkanes of at least 4 members (excludes halogenated alkanes) is 7. The molecule has 0 aromatic rings. The third-order valence-electron chi connectivity index (χ3n) is 3.79. The van der Waals surface area contributed by atoms with E-state index in [0.717, 1.165) is 25.7 Å². The van der Waals surface area contributed by atoms with Gasteiger partial charge in [-0.05, 0) is 12.8 Å². The van der Waals surface area contributed by atoms with Crippen LogP contribution in [-0.2, 0) is 14.9 Å². The van der Waals surface area contributed by atoms with Gasteiger partial charge in [-0.25, -0.2) is 0 Å². The number of carbonyl (C=O) groups is 1. The maximum Gasteiger partial charge on any atom is 0.327 e. The van der Waals surface area contributed by atoms with Gasteiger partial charge in [-0.2, -0.15) is 8.42 Å². The largest absolute Gasteiger partial charge is 0.480 e. The lowest BCUT2D eigenvalue weighted by atomic mass is 9.96. The van der Waals surface area contributed by atoms with Crippen LogP contribution in [0.2, 0.25) is 0 Å². The fraction of sp³-hybridized carbons (Fsp3) is 0.800. The summed E-state index contributed by atoms with van der Waals surface area (Å²) in [5.41, 5.74) is 0. The minimum absolute atomic E-state index is 0.0812. The molecule has 0 heterocycles. The molecule has 2 N–H and O–H groups in total. The lowest BCUT2D eigenvalue weighted by Gasteiger charge is -2.24.